The molecule has 4 rings (SSSR count). The number of nitrogens with one attached hydrogen (secondary N) is 2. The van der Waals surface area contributed by atoms with E-state index in [1.165, 1.54) is 23.9 Å². The Hall–Kier alpha value is -2.36. The Bertz CT molecular complexity index is 1030. The zero-order valence-electron chi connectivity index (χ0n) is 15.6. The Balaban J connectivity index is 1.50. The number of rotatable bonds is 5. The molecule has 1 atom stereocenters. The number of hydrogen-bond acceptors (Lipinski definition) is 5. The van der Waals surface area contributed by atoms with Crippen LogP contribution in [0, 0.1) is 0 Å². The zero-order valence-corrected chi connectivity index (χ0v) is 17.3. The molecule has 152 valence electrons. The van der Waals surface area contributed by atoms with Crippen molar-refractivity contribution in [3.8, 4) is 0 Å². The van der Waals surface area contributed by atoms with Crippen molar-refractivity contribution >= 4 is 39.3 Å². The van der Waals surface area contributed by atoms with E-state index in [0.29, 0.717) is 23.7 Å². The summed E-state index contributed by atoms with van der Waals surface area (Å²) in [6.45, 7) is 1.54. The van der Waals surface area contributed by atoms with Gasteiger partial charge in [0.05, 0.1) is 10.6 Å². The molecule has 7 nitrogen and oxygen atoms in total. The van der Waals surface area contributed by atoms with Gasteiger partial charge in [-0.25, -0.2) is 13.1 Å². The highest BCUT2D eigenvalue weighted by Gasteiger charge is 2.37. The molecule has 2 aliphatic heterocycles. The minimum atomic E-state index is -3.74. The van der Waals surface area contributed by atoms with Crippen LogP contribution >= 0.6 is 11.8 Å². The molecule has 0 bridgehead atoms. The van der Waals surface area contributed by atoms with Crippen LogP contribution in [-0.2, 0) is 26.2 Å². The molecule has 2 N–H and O–H groups in total. The monoisotopic (exact) mass is 431 g/mol. The molecular formula is C20H21N3O4S2. The summed E-state index contributed by atoms with van der Waals surface area (Å²) in [5, 5.41) is 1.87. The Labute approximate surface area is 173 Å². The van der Waals surface area contributed by atoms with E-state index < -0.39 is 21.2 Å². The van der Waals surface area contributed by atoms with Crippen molar-refractivity contribution in [2.45, 2.75) is 34.4 Å². The van der Waals surface area contributed by atoms with Crippen molar-refractivity contribution < 1.29 is 18.0 Å². The number of fused-ring (bicyclic) bond motifs is 1. The summed E-state index contributed by atoms with van der Waals surface area (Å²) in [4.78, 5) is 27.6. The summed E-state index contributed by atoms with van der Waals surface area (Å²) in [5.41, 5.74) is 1.26. The van der Waals surface area contributed by atoms with E-state index in [-0.39, 0.29) is 17.3 Å². The molecule has 0 radical (unpaired) electrons. The number of sulfonamides is 1. The molecule has 2 aromatic carbocycles. The predicted molar refractivity (Wildman–Crippen MR) is 111 cm³/mol. The van der Waals surface area contributed by atoms with Gasteiger partial charge in [-0.2, -0.15) is 0 Å². The van der Waals surface area contributed by atoms with Crippen LogP contribution in [-0.4, -0.2) is 43.5 Å². The third-order valence-corrected chi connectivity index (χ3v) is 7.61. The Morgan fingerprint density at radius 3 is 2.59 bits per heavy atom. The minimum Gasteiger partial charge on any atom is -0.341 e. The number of thioether (sulfide) groups is 1. The molecule has 2 amide bonds. The van der Waals surface area contributed by atoms with Crippen LogP contribution in [0.1, 0.15) is 18.4 Å². The van der Waals surface area contributed by atoms with Crippen LogP contribution in [0.2, 0.25) is 0 Å². The summed E-state index contributed by atoms with van der Waals surface area (Å²) in [6, 6.07) is 13.8. The summed E-state index contributed by atoms with van der Waals surface area (Å²) in [5.74, 6) is -0.594. The van der Waals surface area contributed by atoms with Crippen molar-refractivity contribution in [1.29, 1.82) is 0 Å². The quantitative estimate of drug-likeness (QED) is 0.708. The minimum absolute atomic E-state index is 0.0670. The first kappa shape index (κ1) is 19.9. The molecule has 0 spiro atoms. The lowest BCUT2D eigenvalue weighted by molar-refractivity contribution is -0.133. The van der Waals surface area contributed by atoms with Gasteiger partial charge in [-0.05, 0) is 36.6 Å². The van der Waals surface area contributed by atoms with Gasteiger partial charge in [-0.3, -0.25) is 9.59 Å². The fraction of sp³-hybridized carbons (Fsp3) is 0.300. The second kappa shape index (κ2) is 8.17. The van der Waals surface area contributed by atoms with Gasteiger partial charge < -0.3 is 10.2 Å². The average molecular weight is 432 g/mol. The second-order valence-corrected chi connectivity index (χ2v) is 9.90. The topological polar surface area (TPSA) is 95.6 Å². The smallest absolute Gasteiger partial charge is 0.247 e. The Morgan fingerprint density at radius 1 is 1.14 bits per heavy atom. The van der Waals surface area contributed by atoms with Gasteiger partial charge in [0.15, 0.2) is 5.25 Å². The third kappa shape index (κ3) is 4.31. The molecule has 2 heterocycles. The highest BCUT2D eigenvalue weighted by atomic mass is 32.2. The number of carbonyl (C=O) groups excluding carboxylic acids is 2. The van der Waals surface area contributed by atoms with E-state index in [1.807, 2.05) is 30.3 Å². The van der Waals surface area contributed by atoms with Gasteiger partial charge in [0.1, 0.15) is 0 Å². The van der Waals surface area contributed by atoms with E-state index in [4.69, 9.17) is 0 Å². The molecule has 0 aromatic heterocycles. The first-order chi connectivity index (χ1) is 13.9. The van der Waals surface area contributed by atoms with Crippen LogP contribution in [0.4, 0.5) is 5.69 Å². The maximum atomic E-state index is 12.6. The summed E-state index contributed by atoms with van der Waals surface area (Å²) < 4.78 is 27.8. The molecule has 29 heavy (non-hydrogen) atoms. The maximum Gasteiger partial charge on any atom is 0.247 e. The zero-order chi connectivity index (χ0) is 20.4. The SMILES string of the molecule is O=C1Nc2cc(S(=O)(=O)NCc3ccccc3)ccc2S[C@@H]1C(=O)N1CCCC1. The fourth-order valence-corrected chi connectivity index (χ4v) is 5.48. The van der Waals surface area contributed by atoms with Crippen LogP contribution in [0.15, 0.2) is 58.3 Å². The number of amides is 2. The van der Waals surface area contributed by atoms with E-state index >= 15 is 0 Å². The molecule has 0 unspecified atom stereocenters. The average Bonchev–Trinajstić information content (AvgIpc) is 3.26. The third-order valence-electron chi connectivity index (χ3n) is 4.95. The molecule has 0 saturated carbocycles. The number of hydrogen-bond donors (Lipinski definition) is 2. The van der Waals surface area contributed by atoms with Gasteiger partial charge in [0, 0.05) is 24.5 Å². The first-order valence-corrected chi connectivity index (χ1v) is 11.7. The van der Waals surface area contributed by atoms with E-state index in [2.05, 4.69) is 10.0 Å². The van der Waals surface area contributed by atoms with Gasteiger partial charge in [-0.1, -0.05) is 30.3 Å². The molecule has 0 aliphatic carbocycles. The van der Waals surface area contributed by atoms with Gasteiger partial charge in [-0.15, -0.1) is 11.8 Å². The maximum absolute atomic E-state index is 12.6. The number of likely N-dealkylation sites (tertiary alicyclic amines) is 1. The molecular weight excluding hydrogens is 410 g/mol. The molecule has 1 fully saturated rings. The molecule has 2 aromatic rings. The lowest BCUT2D eigenvalue weighted by atomic mass is 10.2. The predicted octanol–water partition coefficient (Wildman–Crippen LogP) is 2.20. The van der Waals surface area contributed by atoms with E-state index in [9.17, 15) is 18.0 Å². The van der Waals surface area contributed by atoms with Crippen LogP contribution in [0.3, 0.4) is 0 Å². The van der Waals surface area contributed by atoms with Crippen LogP contribution in [0.5, 0.6) is 0 Å². The first-order valence-electron chi connectivity index (χ1n) is 9.38. The van der Waals surface area contributed by atoms with Crippen molar-refractivity contribution in [2.24, 2.45) is 0 Å². The molecule has 9 heteroatoms. The summed E-state index contributed by atoms with van der Waals surface area (Å²) >= 11 is 1.17. The van der Waals surface area contributed by atoms with E-state index in [0.717, 1.165) is 18.4 Å². The largest absolute Gasteiger partial charge is 0.341 e. The number of benzene rings is 2. The van der Waals surface area contributed by atoms with Crippen molar-refractivity contribution in [3.05, 3.63) is 54.1 Å². The second-order valence-electron chi connectivity index (χ2n) is 6.99. The van der Waals surface area contributed by atoms with Crippen molar-refractivity contribution in [2.75, 3.05) is 18.4 Å². The highest BCUT2D eigenvalue weighted by molar-refractivity contribution is 8.01. The summed E-state index contributed by atoms with van der Waals surface area (Å²) in [6.07, 6.45) is 1.91. The fourth-order valence-electron chi connectivity index (χ4n) is 3.38. The normalized spacial score (nSPS) is 19.0. The number of nitrogens with zero attached hydrogens (tertiary/aromatic N) is 1. The molecule has 1 saturated heterocycles. The van der Waals surface area contributed by atoms with Crippen molar-refractivity contribution in [3.63, 3.8) is 0 Å². The number of anilines is 1. The Kier molecular flexibility index (Phi) is 5.62. The van der Waals surface area contributed by atoms with E-state index in [1.54, 1.807) is 11.0 Å². The van der Waals surface area contributed by atoms with Gasteiger partial charge in [0.2, 0.25) is 21.8 Å². The van der Waals surface area contributed by atoms with Gasteiger partial charge >= 0.3 is 0 Å². The van der Waals surface area contributed by atoms with Crippen molar-refractivity contribution in [1.82, 2.24) is 9.62 Å². The van der Waals surface area contributed by atoms with Gasteiger partial charge in [0.25, 0.3) is 0 Å². The number of carbonyl (C=O) groups is 2. The Morgan fingerprint density at radius 2 is 1.86 bits per heavy atom. The molecule has 2 aliphatic rings. The standard InChI is InChI=1S/C20H21N3O4S2/c24-19-18(20(25)23-10-4-5-11-23)28-17-9-8-15(12-16(17)22-19)29(26,27)21-13-14-6-2-1-3-7-14/h1-3,6-9,12,18,21H,4-5,10-11,13H2,(H,22,24)/t18-/m0/s1. The van der Waals surface area contributed by atoms with Crippen LogP contribution in [0.25, 0.3) is 0 Å². The highest BCUT2D eigenvalue weighted by Crippen LogP contribution is 2.38. The lowest BCUT2D eigenvalue weighted by Crippen LogP contribution is -2.43. The van der Waals surface area contributed by atoms with Crippen LogP contribution < -0.4 is 10.0 Å². The lowest BCUT2D eigenvalue weighted by Gasteiger charge is -2.27. The summed E-state index contributed by atoms with van der Waals surface area (Å²) in [7, 11) is -3.74.